The van der Waals surface area contributed by atoms with Crippen molar-refractivity contribution in [2.75, 3.05) is 0 Å². The molecule has 0 atom stereocenters. The van der Waals surface area contributed by atoms with Crippen LogP contribution in [-0.4, -0.2) is 16.2 Å². The van der Waals surface area contributed by atoms with Crippen LogP contribution in [0.2, 0.25) is 0 Å². The molecule has 1 aromatic carbocycles. The van der Waals surface area contributed by atoms with Gasteiger partial charge in [0.05, 0.1) is 0 Å². The van der Waals surface area contributed by atoms with Crippen molar-refractivity contribution in [3.63, 3.8) is 0 Å². The number of aryl methyl sites for hydroxylation is 2. The molecule has 0 aliphatic carbocycles. The smallest absolute Gasteiger partial charge is 0.339 e. The van der Waals surface area contributed by atoms with E-state index in [1.54, 1.807) is 19.9 Å². The third-order valence-corrected chi connectivity index (χ3v) is 1.68. The number of carboxylic acid groups (broad SMARTS) is 1. The largest absolute Gasteiger partial charge is 0.507 e. The van der Waals surface area contributed by atoms with Crippen LogP contribution in [0.15, 0.2) is 12.1 Å². The first-order valence-corrected chi connectivity index (χ1v) is 3.56. The molecule has 0 fully saturated rings. The Kier molecular flexibility index (Phi) is 4.34. The molecule has 3 nitrogen and oxygen atoms in total. The van der Waals surface area contributed by atoms with Gasteiger partial charge in [0.2, 0.25) is 0 Å². The van der Waals surface area contributed by atoms with Gasteiger partial charge in [-0.1, -0.05) is 6.07 Å². The Morgan fingerprint density at radius 1 is 1.31 bits per heavy atom. The van der Waals surface area contributed by atoms with Gasteiger partial charge >= 0.3 is 5.97 Å². The molecule has 1 rings (SSSR count). The van der Waals surface area contributed by atoms with Crippen molar-refractivity contribution in [3.05, 3.63) is 28.8 Å². The normalized spacial score (nSPS) is 9.08. The standard InChI is InChI=1S/C9H10O3.Zr/c1-5-3-6(2)8(10)7(4-5)9(11)12;/h3-4,10H,1-2H3,(H,11,12);. The second kappa shape index (κ2) is 4.56. The zero-order chi connectivity index (χ0) is 9.30. The van der Waals surface area contributed by atoms with Crippen molar-refractivity contribution in [1.29, 1.82) is 0 Å². The van der Waals surface area contributed by atoms with E-state index in [4.69, 9.17) is 5.11 Å². The van der Waals surface area contributed by atoms with Crippen molar-refractivity contribution in [2.24, 2.45) is 0 Å². The Morgan fingerprint density at radius 3 is 2.31 bits per heavy atom. The summed E-state index contributed by atoms with van der Waals surface area (Å²) in [5.41, 5.74) is 1.39. The van der Waals surface area contributed by atoms with Crippen LogP contribution in [0.3, 0.4) is 0 Å². The number of carboxylic acids is 1. The minimum Gasteiger partial charge on any atom is -0.507 e. The quantitative estimate of drug-likeness (QED) is 0.805. The zero-order valence-corrected chi connectivity index (χ0v) is 9.92. The number of aromatic hydroxyl groups is 1. The first kappa shape index (κ1) is 12.4. The van der Waals surface area contributed by atoms with Gasteiger partial charge < -0.3 is 10.2 Å². The maximum absolute atomic E-state index is 10.6. The molecule has 0 aliphatic rings. The monoisotopic (exact) mass is 256 g/mol. The van der Waals surface area contributed by atoms with Crippen molar-refractivity contribution >= 4 is 5.97 Å². The van der Waals surface area contributed by atoms with E-state index in [9.17, 15) is 9.90 Å². The third-order valence-electron chi connectivity index (χ3n) is 1.68. The van der Waals surface area contributed by atoms with Gasteiger partial charge in [-0.05, 0) is 31.0 Å². The van der Waals surface area contributed by atoms with Crippen LogP contribution in [0.1, 0.15) is 21.5 Å². The molecule has 2 N–H and O–H groups in total. The second-order valence-corrected chi connectivity index (χ2v) is 2.78. The molecule has 0 aromatic heterocycles. The number of phenols is 1. The minimum atomic E-state index is -1.10. The van der Waals surface area contributed by atoms with E-state index in [1.807, 2.05) is 0 Å². The van der Waals surface area contributed by atoms with Crippen molar-refractivity contribution in [1.82, 2.24) is 0 Å². The molecule has 0 spiro atoms. The molecule has 68 valence electrons. The molecule has 0 radical (unpaired) electrons. The van der Waals surface area contributed by atoms with Crippen molar-refractivity contribution < 1.29 is 41.2 Å². The van der Waals surface area contributed by atoms with Crippen LogP contribution >= 0.6 is 0 Å². The molecule has 0 unspecified atom stereocenters. The van der Waals surface area contributed by atoms with E-state index in [-0.39, 0.29) is 37.5 Å². The first-order valence-electron chi connectivity index (χ1n) is 3.56. The van der Waals surface area contributed by atoms with E-state index < -0.39 is 5.97 Å². The molecule has 0 saturated carbocycles. The molecule has 0 amide bonds. The number of aromatic carboxylic acids is 1. The number of hydrogen-bond donors (Lipinski definition) is 2. The number of carbonyl (C=O) groups is 1. The van der Waals surface area contributed by atoms with E-state index in [2.05, 4.69) is 0 Å². The summed E-state index contributed by atoms with van der Waals surface area (Å²) in [6.07, 6.45) is 0. The molecular formula is C9H10O3Zr. The van der Waals surface area contributed by atoms with E-state index >= 15 is 0 Å². The maximum Gasteiger partial charge on any atom is 0.339 e. The Morgan fingerprint density at radius 2 is 1.85 bits per heavy atom. The maximum atomic E-state index is 10.6. The summed E-state index contributed by atoms with van der Waals surface area (Å²) in [5, 5.41) is 18.0. The van der Waals surface area contributed by atoms with Crippen molar-refractivity contribution in [3.8, 4) is 5.75 Å². The average Bonchev–Trinajstić information content (AvgIpc) is 1.96. The zero-order valence-electron chi connectivity index (χ0n) is 7.46. The van der Waals surface area contributed by atoms with Crippen LogP contribution in [-0.2, 0) is 26.2 Å². The van der Waals surface area contributed by atoms with Gasteiger partial charge in [-0.3, -0.25) is 0 Å². The molecular weight excluding hydrogens is 247 g/mol. The molecule has 0 saturated heterocycles. The summed E-state index contributed by atoms with van der Waals surface area (Å²) in [6.45, 7) is 3.47. The predicted octanol–water partition coefficient (Wildman–Crippen LogP) is 1.70. The summed E-state index contributed by atoms with van der Waals surface area (Å²) >= 11 is 0. The Hall–Kier alpha value is -0.627. The Bertz CT molecular complexity index is 334. The summed E-state index contributed by atoms with van der Waals surface area (Å²) < 4.78 is 0. The first-order chi connectivity index (χ1) is 5.52. The van der Waals surface area contributed by atoms with Crippen LogP contribution in [0.5, 0.6) is 5.75 Å². The van der Waals surface area contributed by atoms with Crippen LogP contribution in [0.4, 0.5) is 0 Å². The predicted molar refractivity (Wildman–Crippen MR) is 44.5 cm³/mol. The molecule has 0 heterocycles. The average molecular weight is 257 g/mol. The molecule has 1 aromatic rings. The second-order valence-electron chi connectivity index (χ2n) is 2.78. The van der Waals surface area contributed by atoms with Crippen LogP contribution in [0.25, 0.3) is 0 Å². The van der Waals surface area contributed by atoms with E-state index in [0.29, 0.717) is 5.56 Å². The Balaban J connectivity index is 0.00000144. The van der Waals surface area contributed by atoms with E-state index in [1.165, 1.54) is 6.07 Å². The van der Waals surface area contributed by atoms with Gasteiger partial charge in [0.1, 0.15) is 11.3 Å². The van der Waals surface area contributed by atoms with Gasteiger partial charge in [-0.15, -0.1) is 0 Å². The summed E-state index contributed by atoms with van der Waals surface area (Å²) in [6, 6.07) is 3.19. The SMILES string of the molecule is Cc1cc(C)c(O)c(C(=O)O)c1.[Zr]. The van der Waals surface area contributed by atoms with Gasteiger partial charge in [-0.2, -0.15) is 0 Å². The fourth-order valence-corrected chi connectivity index (χ4v) is 1.12. The summed E-state index contributed by atoms with van der Waals surface area (Å²) in [5.74, 6) is -1.24. The summed E-state index contributed by atoms with van der Waals surface area (Å²) in [7, 11) is 0. The number of rotatable bonds is 1. The topological polar surface area (TPSA) is 57.5 Å². The fraction of sp³-hybridized carbons (Fsp3) is 0.222. The molecule has 4 heteroatoms. The van der Waals surface area contributed by atoms with Crippen LogP contribution in [0, 0.1) is 13.8 Å². The minimum absolute atomic E-state index is 0. The van der Waals surface area contributed by atoms with Gasteiger partial charge in [0.15, 0.2) is 0 Å². The number of benzene rings is 1. The van der Waals surface area contributed by atoms with E-state index in [0.717, 1.165) is 5.56 Å². The fourth-order valence-electron chi connectivity index (χ4n) is 1.12. The summed E-state index contributed by atoms with van der Waals surface area (Å²) in [4.78, 5) is 10.6. The number of hydrogen-bond acceptors (Lipinski definition) is 2. The van der Waals surface area contributed by atoms with Gasteiger partial charge in [0, 0.05) is 26.2 Å². The molecule has 0 aliphatic heterocycles. The molecule has 13 heavy (non-hydrogen) atoms. The van der Waals surface area contributed by atoms with Crippen LogP contribution < -0.4 is 0 Å². The Labute approximate surface area is 95.5 Å². The van der Waals surface area contributed by atoms with Gasteiger partial charge in [0.25, 0.3) is 0 Å². The van der Waals surface area contributed by atoms with Gasteiger partial charge in [-0.25, -0.2) is 4.79 Å². The third kappa shape index (κ3) is 2.66. The molecule has 0 bridgehead atoms. The van der Waals surface area contributed by atoms with Crippen molar-refractivity contribution in [2.45, 2.75) is 13.8 Å².